The van der Waals surface area contributed by atoms with Gasteiger partial charge in [0.1, 0.15) is 5.76 Å². The zero-order valence-electron chi connectivity index (χ0n) is 17.0. The molecule has 1 aromatic carbocycles. The number of guanidine groups is 1. The molecule has 154 valence electrons. The highest BCUT2D eigenvalue weighted by molar-refractivity contribution is 14.0. The second-order valence-electron chi connectivity index (χ2n) is 7.00. The fraction of sp³-hybridized carbons (Fsp3) is 0.476. The van der Waals surface area contributed by atoms with E-state index in [2.05, 4.69) is 71.4 Å². The number of aliphatic imine (C=N–C) groups is 1. The minimum atomic E-state index is 0. The van der Waals surface area contributed by atoms with Crippen LogP contribution in [0, 0.1) is 0 Å². The Morgan fingerprint density at radius 2 is 1.82 bits per heavy atom. The van der Waals surface area contributed by atoms with Crippen LogP contribution < -0.4 is 10.2 Å². The first kappa shape index (κ1) is 22.5. The highest BCUT2D eigenvalue weighted by Gasteiger charge is 2.21. The highest BCUT2D eigenvalue weighted by Crippen LogP contribution is 2.19. The number of benzene rings is 1. The van der Waals surface area contributed by atoms with Crippen LogP contribution in [0.5, 0.6) is 0 Å². The summed E-state index contributed by atoms with van der Waals surface area (Å²) in [6, 6.07) is 14.7. The third kappa shape index (κ3) is 5.88. The van der Waals surface area contributed by atoms with Crippen molar-refractivity contribution in [3.8, 4) is 0 Å². The maximum absolute atomic E-state index is 5.61. The monoisotopic (exact) mass is 497 g/mol. The Bertz CT molecular complexity index is 697. The maximum Gasteiger partial charge on any atom is 0.194 e. The highest BCUT2D eigenvalue weighted by atomic mass is 127. The third-order valence-electron chi connectivity index (χ3n) is 4.94. The van der Waals surface area contributed by atoms with E-state index < -0.39 is 0 Å². The lowest BCUT2D eigenvalue weighted by atomic mass is 10.2. The number of furan rings is 1. The summed E-state index contributed by atoms with van der Waals surface area (Å²) in [5.74, 6) is 1.94. The molecule has 6 nitrogen and oxygen atoms in total. The van der Waals surface area contributed by atoms with Crippen molar-refractivity contribution in [3.05, 3.63) is 54.5 Å². The van der Waals surface area contributed by atoms with E-state index >= 15 is 0 Å². The van der Waals surface area contributed by atoms with Crippen molar-refractivity contribution in [3.63, 3.8) is 0 Å². The number of nitrogens with zero attached hydrogens (tertiary/aromatic N) is 4. The molecule has 0 spiro atoms. The van der Waals surface area contributed by atoms with Crippen LogP contribution in [0.2, 0.25) is 0 Å². The fourth-order valence-corrected chi connectivity index (χ4v) is 3.40. The number of anilines is 1. The maximum atomic E-state index is 5.61. The number of piperazine rings is 1. The molecule has 0 bridgehead atoms. The van der Waals surface area contributed by atoms with Crippen molar-refractivity contribution in [2.24, 2.45) is 4.99 Å². The van der Waals surface area contributed by atoms with E-state index in [1.807, 2.05) is 12.1 Å². The standard InChI is InChI=1S/C21H31N5O.HI/c1-4-22-21(23-17-19(24(2)3)20-11-8-16-27-20)26-14-12-25(13-15-26)18-9-6-5-7-10-18;/h5-11,16,19H,4,12-15,17H2,1-3H3,(H,22,23);1H. The number of hydrogen-bond donors (Lipinski definition) is 1. The van der Waals surface area contributed by atoms with Gasteiger partial charge in [0.25, 0.3) is 0 Å². The fourth-order valence-electron chi connectivity index (χ4n) is 3.40. The molecule has 0 aliphatic carbocycles. The molecular formula is C21H32IN5O. The van der Waals surface area contributed by atoms with Gasteiger partial charge in [-0.3, -0.25) is 9.89 Å². The Morgan fingerprint density at radius 1 is 1.11 bits per heavy atom. The van der Waals surface area contributed by atoms with E-state index in [0.29, 0.717) is 6.54 Å². The smallest absolute Gasteiger partial charge is 0.194 e. The molecular weight excluding hydrogens is 465 g/mol. The van der Waals surface area contributed by atoms with Crippen LogP contribution in [-0.4, -0.2) is 69.1 Å². The lowest BCUT2D eigenvalue weighted by Crippen LogP contribution is -2.52. The number of halogens is 1. The quantitative estimate of drug-likeness (QED) is 0.377. The first-order chi connectivity index (χ1) is 13.2. The van der Waals surface area contributed by atoms with E-state index in [-0.39, 0.29) is 30.0 Å². The van der Waals surface area contributed by atoms with Gasteiger partial charge >= 0.3 is 0 Å². The number of likely N-dealkylation sites (N-methyl/N-ethyl adjacent to an activating group) is 1. The van der Waals surface area contributed by atoms with Gasteiger partial charge in [0.05, 0.1) is 18.8 Å². The van der Waals surface area contributed by atoms with Gasteiger partial charge < -0.3 is 19.5 Å². The predicted octanol–water partition coefficient (Wildman–Crippen LogP) is 3.29. The Hall–Kier alpha value is -1.74. The summed E-state index contributed by atoms with van der Waals surface area (Å²) in [5, 5.41) is 3.45. The molecule has 1 saturated heterocycles. The molecule has 3 rings (SSSR count). The number of rotatable bonds is 6. The molecule has 7 heteroatoms. The Morgan fingerprint density at radius 3 is 2.39 bits per heavy atom. The van der Waals surface area contributed by atoms with Crippen LogP contribution in [0.15, 0.2) is 58.1 Å². The molecule has 1 fully saturated rings. The van der Waals surface area contributed by atoms with Gasteiger partial charge in [0.15, 0.2) is 5.96 Å². The molecule has 1 N–H and O–H groups in total. The number of para-hydroxylation sites is 1. The molecule has 1 aliphatic rings. The SMILES string of the molecule is CCNC(=NCC(c1ccco1)N(C)C)N1CCN(c2ccccc2)CC1.I. The molecule has 28 heavy (non-hydrogen) atoms. The minimum Gasteiger partial charge on any atom is -0.468 e. The topological polar surface area (TPSA) is 47.3 Å². The van der Waals surface area contributed by atoms with Crippen molar-refractivity contribution in [2.45, 2.75) is 13.0 Å². The van der Waals surface area contributed by atoms with Gasteiger partial charge in [-0.15, -0.1) is 24.0 Å². The summed E-state index contributed by atoms with van der Waals surface area (Å²) in [6.45, 7) is 7.59. The summed E-state index contributed by atoms with van der Waals surface area (Å²) in [7, 11) is 4.13. The molecule has 2 aromatic rings. The summed E-state index contributed by atoms with van der Waals surface area (Å²) >= 11 is 0. The second-order valence-corrected chi connectivity index (χ2v) is 7.00. The largest absolute Gasteiger partial charge is 0.468 e. The van der Waals surface area contributed by atoms with Crippen LogP contribution in [-0.2, 0) is 0 Å². The average Bonchev–Trinajstić information content (AvgIpc) is 3.22. The van der Waals surface area contributed by atoms with Gasteiger partial charge in [-0.1, -0.05) is 18.2 Å². The molecule has 1 atom stereocenters. The Balaban J connectivity index is 0.00000280. The molecule has 0 saturated carbocycles. The van der Waals surface area contributed by atoms with E-state index in [1.54, 1.807) is 6.26 Å². The van der Waals surface area contributed by atoms with Gasteiger partial charge in [-0.25, -0.2) is 0 Å². The van der Waals surface area contributed by atoms with Crippen LogP contribution in [0.1, 0.15) is 18.7 Å². The molecule has 0 amide bonds. The summed E-state index contributed by atoms with van der Waals surface area (Å²) < 4.78 is 5.61. The molecule has 1 unspecified atom stereocenters. The minimum absolute atomic E-state index is 0. The predicted molar refractivity (Wildman–Crippen MR) is 127 cm³/mol. The molecule has 0 radical (unpaired) electrons. The lowest BCUT2D eigenvalue weighted by Gasteiger charge is -2.38. The van der Waals surface area contributed by atoms with Crippen LogP contribution in [0.25, 0.3) is 0 Å². The van der Waals surface area contributed by atoms with E-state index in [0.717, 1.165) is 44.4 Å². The van der Waals surface area contributed by atoms with E-state index in [4.69, 9.17) is 9.41 Å². The molecule has 1 aliphatic heterocycles. The Kier molecular flexibility index (Phi) is 9.11. The third-order valence-corrected chi connectivity index (χ3v) is 4.94. The van der Waals surface area contributed by atoms with E-state index in [9.17, 15) is 0 Å². The van der Waals surface area contributed by atoms with Crippen molar-refractivity contribution in [1.29, 1.82) is 0 Å². The summed E-state index contributed by atoms with van der Waals surface area (Å²) in [5.41, 5.74) is 1.30. The first-order valence-corrected chi connectivity index (χ1v) is 9.72. The van der Waals surface area contributed by atoms with Gasteiger partial charge in [-0.05, 0) is 45.3 Å². The van der Waals surface area contributed by atoms with Gasteiger partial charge in [0, 0.05) is 38.4 Å². The zero-order chi connectivity index (χ0) is 19.1. The molecule has 1 aromatic heterocycles. The van der Waals surface area contributed by atoms with Crippen molar-refractivity contribution in [1.82, 2.24) is 15.1 Å². The van der Waals surface area contributed by atoms with Crippen LogP contribution in [0.3, 0.4) is 0 Å². The van der Waals surface area contributed by atoms with Crippen molar-refractivity contribution >= 4 is 35.6 Å². The number of nitrogens with one attached hydrogen (secondary N) is 1. The second kappa shape index (κ2) is 11.3. The van der Waals surface area contributed by atoms with Crippen LogP contribution >= 0.6 is 24.0 Å². The summed E-state index contributed by atoms with van der Waals surface area (Å²) in [4.78, 5) is 11.9. The van der Waals surface area contributed by atoms with Crippen molar-refractivity contribution < 1.29 is 4.42 Å². The van der Waals surface area contributed by atoms with E-state index in [1.165, 1.54) is 5.69 Å². The Labute approximate surface area is 185 Å². The molecule has 2 heterocycles. The van der Waals surface area contributed by atoms with Gasteiger partial charge in [-0.2, -0.15) is 0 Å². The van der Waals surface area contributed by atoms with Crippen molar-refractivity contribution in [2.75, 3.05) is 58.3 Å². The summed E-state index contributed by atoms with van der Waals surface area (Å²) in [6.07, 6.45) is 1.73. The lowest BCUT2D eigenvalue weighted by molar-refractivity contribution is 0.263. The average molecular weight is 497 g/mol. The number of hydrogen-bond acceptors (Lipinski definition) is 4. The normalized spacial score (nSPS) is 16.1. The zero-order valence-corrected chi connectivity index (χ0v) is 19.4. The van der Waals surface area contributed by atoms with Crippen LogP contribution in [0.4, 0.5) is 5.69 Å². The van der Waals surface area contributed by atoms with Gasteiger partial charge in [0.2, 0.25) is 0 Å². The first-order valence-electron chi connectivity index (χ1n) is 9.72.